The molecule has 216 valence electrons. The Kier molecular flexibility index (Phi) is 7.12. The molecule has 1 saturated heterocycles. The summed E-state index contributed by atoms with van der Waals surface area (Å²) in [4.78, 5) is 50.2. The zero-order valence-corrected chi connectivity index (χ0v) is 24.5. The molecule has 3 heterocycles. The highest BCUT2D eigenvalue weighted by Gasteiger charge is 2.64. The van der Waals surface area contributed by atoms with Gasteiger partial charge in [-0.2, -0.15) is 5.10 Å². The number of nitrogens with one attached hydrogen (secondary N) is 1. The van der Waals surface area contributed by atoms with Crippen molar-refractivity contribution in [3.05, 3.63) is 78.0 Å². The maximum Gasteiger partial charge on any atom is 0.245 e. The largest absolute Gasteiger partial charge is 0.352 e. The van der Waals surface area contributed by atoms with E-state index in [2.05, 4.69) is 39.4 Å². The molecule has 1 aliphatic carbocycles. The van der Waals surface area contributed by atoms with E-state index >= 15 is 0 Å². The van der Waals surface area contributed by atoms with Crippen molar-refractivity contribution in [3.63, 3.8) is 0 Å². The minimum absolute atomic E-state index is 0.0132. The molecule has 2 fully saturated rings. The van der Waals surface area contributed by atoms with Crippen molar-refractivity contribution in [1.82, 2.24) is 30.0 Å². The number of nitrogens with zero attached hydrogens (tertiary/aromatic N) is 5. The molecule has 2 amide bonds. The van der Waals surface area contributed by atoms with Crippen LogP contribution < -0.4 is 5.32 Å². The zero-order valence-electron chi connectivity index (χ0n) is 24.5. The number of hydrogen-bond acceptors (Lipinski definition) is 6. The zero-order chi connectivity index (χ0) is 29.6. The van der Waals surface area contributed by atoms with E-state index in [9.17, 15) is 14.4 Å². The molecule has 2 aliphatic rings. The number of likely N-dealkylation sites (tertiary alicyclic amines) is 1. The Balaban J connectivity index is 1.20. The van der Waals surface area contributed by atoms with E-state index in [1.165, 1.54) is 12.5 Å². The third-order valence-electron chi connectivity index (χ3n) is 8.81. The first-order valence-corrected chi connectivity index (χ1v) is 14.6. The summed E-state index contributed by atoms with van der Waals surface area (Å²) in [6, 6.07) is 15.4. The van der Waals surface area contributed by atoms with Gasteiger partial charge in [0, 0.05) is 42.4 Å². The predicted octanol–water partition coefficient (Wildman–Crippen LogP) is 4.52. The number of benzene rings is 2. The van der Waals surface area contributed by atoms with Crippen LogP contribution in [0.5, 0.6) is 0 Å². The summed E-state index contributed by atoms with van der Waals surface area (Å²) >= 11 is 0. The second-order valence-corrected chi connectivity index (χ2v) is 12.1. The summed E-state index contributed by atoms with van der Waals surface area (Å²) in [5.74, 6) is 0.241. The molecule has 1 aliphatic heterocycles. The van der Waals surface area contributed by atoms with E-state index in [1.54, 1.807) is 22.0 Å². The third kappa shape index (κ3) is 5.31. The quantitative estimate of drug-likeness (QED) is 0.299. The predicted molar refractivity (Wildman–Crippen MR) is 160 cm³/mol. The highest BCUT2D eigenvalue weighted by atomic mass is 16.2. The molecule has 0 spiro atoms. The van der Waals surface area contributed by atoms with Gasteiger partial charge in [0.25, 0.3) is 0 Å². The summed E-state index contributed by atoms with van der Waals surface area (Å²) in [5, 5.41) is 8.40. The van der Waals surface area contributed by atoms with Gasteiger partial charge in [0.1, 0.15) is 24.1 Å². The number of piperidine rings is 1. The summed E-state index contributed by atoms with van der Waals surface area (Å²) in [7, 11) is 0. The van der Waals surface area contributed by atoms with Gasteiger partial charge < -0.3 is 10.2 Å². The highest BCUT2D eigenvalue weighted by molar-refractivity contribution is 6.06. The molecule has 2 aromatic carbocycles. The van der Waals surface area contributed by atoms with Crippen molar-refractivity contribution in [1.29, 1.82) is 0 Å². The van der Waals surface area contributed by atoms with Crippen molar-refractivity contribution in [2.45, 2.75) is 78.0 Å². The SMILES string of the molecule is CC(=O)c1nn(CC(=O)N2[C@H](C(=O)N[C@@H](C)CCc3ccccc3)C[C@@]3(C)C[C@@H]23)c2ccc(-c3cnc(C)nc3)cc12. The summed E-state index contributed by atoms with van der Waals surface area (Å²) in [5.41, 5.74) is 3.90. The fourth-order valence-electron chi connectivity index (χ4n) is 6.29. The maximum atomic E-state index is 13.8. The third-order valence-corrected chi connectivity index (χ3v) is 8.81. The van der Waals surface area contributed by atoms with Crippen molar-refractivity contribution in [2.24, 2.45) is 5.41 Å². The lowest BCUT2D eigenvalue weighted by atomic mass is 10.0. The van der Waals surface area contributed by atoms with Crippen LogP contribution in [0.4, 0.5) is 0 Å². The Labute approximate surface area is 245 Å². The first-order chi connectivity index (χ1) is 20.1. The van der Waals surface area contributed by atoms with Crippen LogP contribution in [0.15, 0.2) is 60.9 Å². The van der Waals surface area contributed by atoms with Crippen LogP contribution in [0.2, 0.25) is 0 Å². The lowest BCUT2D eigenvalue weighted by Gasteiger charge is -2.28. The van der Waals surface area contributed by atoms with E-state index in [1.807, 2.05) is 50.2 Å². The minimum Gasteiger partial charge on any atom is -0.352 e. The van der Waals surface area contributed by atoms with Crippen molar-refractivity contribution in [2.75, 3.05) is 0 Å². The summed E-state index contributed by atoms with van der Waals surface area (Å²) < 4.78 is 1.60. The van der Waals surface area contributed by atoms with Gasteiger partial charge in [-0.25, -0.2) is 9.97 Å². The van der Waals surface area contributed by atoms with Gasteiger partial charge in [-0.15, -0.1) is 0 Å². The van der Waals surface area contributed by atoms with Crippen LogP contribution in [0, 0.1) is 12.3 Å². The number of Topliss-reactive ketones (excluding diaryl/α,β-unsaturated/α-hetero) is 1. The van der Waals surface area contributed by atoms with E-state index < -0.39 is 6.04 Å². The number of hydrogen-bond donors (Lipinski definition) is 1. The molecule has 0 radical (unpaired) electrons. The van der Waals surface area contributed by atoms with Gasteiger partial charge in [0.2, 0.25) is 11.8 Å². The van der Waals surface area contributed by atoms with Gasteiger partial charge in [-0.3, -0.25) is 19.1 Å². The molecule has 0 unspecified atom stereocenters. The minimum atomic E-state index is -0.511. The first-order valence-electron chi connectivity index (χ1n) is 14.6. The molecule has 2 aromatic heterocycles. The normalized spacial score (nSPS) is 21.7. The fraction of sp³-hybridized carbons (Fsp3) is 0.394. The molecule has 0 bridgehead atoms. The molecule has 6 rings (SSSR count). The van der Waals surface area contributed by atoms with Gasteiger partial charge in [0.15, 0.2) is 5.78 Å². The molecule has 9 nitrogen and oxygen atoms in total. The topological polar surface area (TPSA) is 110 Å². The number of carbonyl (C=O) groups excluding carboxylic acids is 3. The lowest BCUT2D eigenvalue weighted by Crippen LogP contribution is -2.50. The van der Waals surface area contributed by atoms with Crippen LogP contribution in [0.3, 0.4) is 0 Å². The van der Waals surface area contributed by atoms with Gasteiger partial charge in [-0.05, 0) is 68.2 Å². The van der Waals surface area contributed by atoms with E-state index in [0.717, 1.165) is 30.4 Å². The molecule has 1 saturated carbocycles. The molecule has 42 heavy (non-hydrogen) atoms. The van der Waals surface area contributed by atoms with E-state index in [4.69, 9.17) is 0 Å². The van der Waals surface area contributed by atoms with Crippen LogP contribution in [-0.4, -0.2) is 60.4 Å². The Hall–Kier alpha value is -4.40. The standard InChI is InChI=1S/C33H36N6O3/c1-20(10-11-23-8-6-5-7-9-23)36-32(42)28-15-33(4)16-29(33)39(28)30(41)19-38-27-13-12-24(25-17-34-22(3)35-18-25)14-26(27)31(37-38)21(2)40/h5-9,12-14,17-18,20,28-29H,10-11,15-16,19H2,1-4H3,(H,36,42)/t20-,28-,29+,33-/m0/s1. The van der Waals surface area contributed by atoms with Gasteiger partial charge >= 0.3 is 0 Å². The molecule has 9 heteroatoms. The second kappa shape index (κ2) is 10.8. The Morgan fingerprint density at radius 1 is 1.05 bits per heavy atom. The Bertz CT molecular complexity index is 1660. The van der Waals surface area contributed by atoms with E-state index in [-0.39, 0.29) is 41.6 Å². The maximum absolute atomic E-state index is 13.8. The van der Waals surface area contributed by atoms with E-state index in [0.29, 0.717) is 28.8 Å². The molecular formula is C33H36N6O3. The van der Waals surface area contributed by atoms with Crippen LogP contribution in [-0.2, 0) is 22.6 Å². The number of rotatable bonds is 9. The number of aryl methyl sites for hydroxylation is 2. The van der Waals surface area contributed by atoms with Crippen LogP contribution in [0.25, 0.3) is 22.0 Å². The van der Waals surface area contributed by atoms with Gasteiger partial charge in [-0.1, -0.05) is 43.3 Å². The summed E-state index contributed by atoms with van der Waals surface area (Å²) in [6.45, 7) is 7.42. The average Bonchev–Trinajstić information content (AvgIpc) is 3.34. The van der Waals surface area contributed by atoms with Crippen LogP contribution >= 0.6 is 0 Å². The fourth-order valence-corrected chi connectivity index (χ4v) is 6.29. The molecule has 4 aromatic rings. The summed E-state index contributed by atoms with van der Waals surface area (Å²) in [6.07, 6.45) is 6.74. The number of ketones is 1. The number of fused-ring (bicyclic) bond motifs is 2. The van der Waals surface area contributed by atoms with Crippen LogP contribution in [0.1, 0.15) is 61.9 Å². The smallest absolute Gasteiger partial charge is 0.245 e. The van der Waals surface area contributed by atoms with Crippen molar-refractivity contribution >= 4 is 28.5 Å². The van der Waals surface area contributed by atoms with Gasteiger partial charge in [0.05, 0.1) is 5.52 Å². The monoisotopic (exact) mass is 564 g/mol. The average molecular weight is 565 g/mol. The lowest BCUT2D eigenvalue weighted by molar-refractivity contribution is -0.140. The first kappa shape index (κ1) is 27.8. The molecule has 1 N–H and O–H groups in total. The number of carbonyl (C=O) groups is 3. The van der Waals surface area contributed by atoms with Crippen molar-refractivity contribution in [3.8, 4) is 11.1 Å². The molecular weight excluding hydrogens is 528 g/mol. The highest BCUT2D eigenvalue weighted by Crippen LogP contribution is 2.59. The number of aromatic nitrogens is 4. The van der Waals surface area contributed by atoms with Crippen molar-refractivity contribution < 1.29 is 14.4 Å². The second-order valence-electron chi connectivity index (χ2n) is 12.1. The number of amides is 2. The Morgan fingerprint density at radius 2 is 1.79 bits per heavy atom. The Morgan fingerprint density at radius 3 is 2.50 bits per heavy atom. The molecule has 4 atom stereocenters.